The van der Waals surface area contributed by atoms with Crippen molar-refractivity contribution in [2.24, 2.45) is 0 Å². The van der Waals surface area contributed by atoms with Gasteiger partial charge in [0.15, 0.2) is 0 Å². The summed E-state index contributed by atoms with van der Waals surface area (Å²) in [7, 11) is 0. The maximum absolute atomic E-state index is 3.69. The molecule has 1 aromatic rings. The van der Waals surface area contributed by atoms with Crippen LogP contribution in [0.3, 0.4) is 0 Å². The molecular formula is C12H17N. The highest BCUT2D eigenvalue weighted by atomic mass is 14.9. The first-order valence-electron chi connectivity index (χ1n) is 4.65. The van der Waals surface area contributed by atoms with Gasteiger partial charge in [0.05, 0.1) is 0 Å². The van der Waals surface area contributed by atoms with Gasteiger partial charge in [-0.15, -0.1) is 6.58 Å². The molecule has 0 aliphatic heterocycles. The minimum atomic E-state index is 0.402. The van der Waals surface area contributed by atoms with Crippen molar-refractivity contribution in [3.8, 4) is 0 Å². The van der Waals surface area contributed by atoms with Crippen LogP contribution in [0.1, 0.15) is 24.1 Å². The molecule has 0 aromatic heterocycles. The van der Waals surface area contributed by atoms with Crippen LogP contribution in [0.4, 0.5) is 0 Å². The summed E-state index contributed by atoms with van der Waals surface area (Å²) in [5.74, 6) is 0. The summed E-state index contributed by atoms with van der Waals surface area (Å²) in [6, 6.07) is 8.85. The summed E-state index contributed by atoms with van der Waals surface area (Å²) < 4.78 is 0. The van der Waals surface area contributed by atoms with Gasteiger partial charge in [0, 0.05) is 12.6 Å². The zero-order valence-electron chi connectivity index (χ0n) is 8.38. The lowest BCUT2D eigenvalue weighted by Crippen LogP contribution is -2.18. The van der Waals surface area contributed by atoms with Crippen LogP contribution >= 0.6 is 0 Å². The normalized spacial score (nSPS) is 12.5. The molecule has 0 heterocycles. The van der Waals surface area contributed by atoms with Crippen molar-refractivity contribution < 1.29 is 0 Å². The molecule has 0 fully saturated rings. The zero-order chi connectivity index (χ0) is 9.68. The average molecular weight is 175 g/mol. The van der Waals surface area contributed by atoms with Crippen molar-refractivity contribution in [1.82, 2.24) is 5.32 Å². The molecule has 1 rings (SSSR count). The zero-order valence-corrected chi connectivity index (χ0v) is 8.38. The van der Waals surface area contributed by atoms with Crippen molar-refractivity contribution in [2.45, 2.75) is 19.9 Å². The molecule has 1 N–H and O–H groups in total. The van der Waals surface area contributed by atoms with Gasteiger partial charge in [-0.2, -0.15) is 0 Å². The van der Waals surface area contributed by atoms with Crippen molar-refractivity contribution in [1.29, 1.82) is 0 Å². The van der Waals surface area contributed by atoms with Crippen molar-refractivity contribution in [3.63, 3.8) is 0 Å². The molecular weight excluding hydrogens is 158 g/mol. The van der Waals surface area contributed by atoms with Crippen molar-refractivity contribution in [3.05, 3.63) is 48.0 Å². The number of hydrogen-bond acceptors (Lipinski definition) is 1. The summed E-state index contributed by atoms with van der Waals surface area (Å²) in [6.07, 6.45) is 1.88. The number of hydrogen-bond donors (Lipinski definition) is 1. The molecule has 0 aliphatic carbocycles. The Morgan fingerprint density at radius 1 is 1.46 bits per heavy atom. The highest BCUT2D eigenvalue weighted by Crippen LogP contribution is 2.15. The van der Waals surface area contributed by atoms with Gasteiger partial charge < -0.3 is 5.32 Å². The molecule has 0 saturated carbocycles. The van der Waals surface area contributed by atoms with Crippen molar-refractivity contribution >= 4 is 0 Å². The molecule has 13 heavy (non-hydrogen) atoms. The van der Waals surface area contributed by atoms with E-state index in [0.717, 1.165) is 6.54 Å². The molecule has 0 aliphatic rings. The van der Waals surface area contributed by atoms with E-state index < -0.39 is 0 Å². The summed E-state index contributed by atoms with van der Waals surface area (Å²) in [5.41, 5.74) is 2.70. The van der Waals surface area contributed by atoms with Crippen LogP contribution < -0.4 is 5.32 Å². The Morgan fingerprint density at radius 3 is 2.77 bits per heavy atom. The second kappa shape index (κ2) is 4.83. The van der Waals surface area contributed by atoms with E-state index in [1.807, 2.05) is 6.08 Å². The van der Waals surface area contributed by atoms with E-state index in [1.54, 1.807) is 0 Å². The molecule has 0 amide bonds. The third-order valence-corrected chi connectivity index (χ3v) is 2.22. The second-order valence-corrected chi connectivity index (χ2v) is 3.28. The maximum atomic E-state index is 3.69. The van der Waals surface area contributed by atoms with Crippen molar-refractivity contribution in [2.75, 3.05) is 6.54 Å². The minimum absolute atomic E-state index is 0.402. The Labute approximate surface area is 80.5 Å². The Kier molecular flexibility index (Phi) is 3.71. The van der Waals surface area contributed by atoms with Crippen LogP contribution in [-0.4, -0.2) is 6.54 Å². The predicted octanol–water partition coefficient (Wildman–Crippen LogP) is 2.83. The smallest absolute Gasteiger partial charge is 0.0297 e. The highest BCUT2D eigenvalue weighted by Gasteiger charge is 2.04. The van der Waals surface area contributed by atoms with Crippen LogP contribution in [0, 0.1) is 6.92 Å². The monoisotopic (exact) mass is 175 g/mol. The number of aryl methyl sites for hydroxylation is 1. The third kappa shape index (κ3) is 2.71. The third-order valence-electron chi connectivity index (χ3n) is 2.22. The molecule has 1 atom stereocenters. The molecule has 0 bridgehead atoms. The standard InChI is InChI=1S/C12H17N/c1-4-9-13-11(3)12-8-6-5-7-10(12)2/h4-8,11,13H,1,9H2,2-3H3/t11-/m1/s1. The van der Waals surface area contributed by atoms with Gasteiger partial charge in [0.2, 0.25) is 0 Å². The molecule has 0 saturated heterocycles. The first kappa shape index (κ1) is 10.0. The van der Waals surface area contributed by atoms with Crippen LogP contribution in [-0.2, 0) is 0 Å². The van der Waals surface area contributed by atoms with E-state index in [9.17, 15) is 0 Å². The Balaban J connectivity index is 2.70. The van der Waals surface area contributed by atoms with Gasteiger partial charge in [-0.25, -0.2) is 0 Å². The van der Waals surface area contributed by atoms with E-state index in [2.05, 4.69) is 50.0 Å². The van der Waals surface area contributed by atoms with E-state index in [1.165, 1.54) is 11.1 Å². The second-order valence-electron chi connectivity index (χ2n) is 3.28. The molecule has 70 valence electrons. The molecule has 0 spiro atoms. The maximum Gasteiger partial charge on any atom is 0.0297 e. The van der Waals surface area contributed by atoms with Gasteiger partial charge >= 0.3 is 0 Å². The molecule has 0 unspecified atom stereocenters. The molecule has 0 radical (unpaired) electrons. The van der Waals surface area contributed by atoms with Crippen LogP contribution in [0.15, 0.2) is 36.9 Å². The fourth-order valence-electron chi connectivity index (χ4n) is 1.44. The Hall–Kier alpha value is -1.08. The topological polar surface area (TPSA) is 12.0 Å². The van der Waals surface area contributed by atoms with Gasteiger partial charge in [0.25, 0.3) is 0 Å². The number of benzene rings is 1. The number of rotatable bonds is 4. The predicted molar refractivity (Wildman–Crippen MR) is 57.8 cm³/mol. The number of nitrogens with one attached hydrogen (secondary N) is 1. The quantitative estimate of drug-likeness (QED) is 0.694. The highest BCUT2D eigenvalue weighted by molar-refractivity contribution is 5.28. The summed E-state index contributed by atoms with van der Waals surface area (Å²) >= 11 is 0. The summed E-state index contributed by atoms with van der Waals surface area (Å²) in [6.45, 7) is 8.86. The first-order valence-corrected chi connectivity index (χ1v) is 4.65. The van der Waals surface area contributed by atoms with Gasteiger partial charge in [0.1, 0.15) is 0 Å². The van der Waals surface area contributed by atoms with Crippen LogP contribution in [0.2, 0.25) is 0 Å². The Bertz CT molecular complexity index is 278. The van der Waals surface area contributed by atoms with E-state index in [-0.39, 0.29) is 0 Å². The average Bonchev–Trinajstić information content (AvgIpc) is 2.15. The fourth-order valence-corrected chi connectivity index (χ4v) is 1.44. The van der Waals surface area contributed by atoms with Gasteiger partial charge in [-0.05, 0) is 25.0 Å². The van der Waals surface area contributed by atoms with E-state index in [4.69, 9.17) is 0 Å². The summed E-state index contributed by atoms with van der Waals surface area (Å²) in [5, 5.41) is 3.37. The van der Waals surface area contributed by atoms with Gasteiger partial charge in [-0.1, -0.05) is 30.3 Å². The lowest BCUT2D eigenvalue weighted by atomic mass is 10.0. The Morgan fingerprint density at radius 2 is 2.15 bits per heavy atom. The van der Waals surface area contributed by atoms with E-state index in [0.29, 0.717) is 6.04 Å². The minimum Gasteiger partial charge on any atom is -0.307 e. The summed E-state index contributed by atoms with van der Waals surface area (Å²) in [4.78, 5) is 0. The van der Waals surface area contributed by atoms with Crippen LogP contribution in [0.25, 0.3) is 0 Å². The SMILES string of the molecule is C=CCN[C@H](C)c1ccccc1C. The largest absolute Gasteiger partial charge is 0.307 e. The lowest BCUT2D eigenvalue weighted by Gasteiger charge is -2.14. The first-order chi connectivity index (χ1) is 6.25. The van der Waals surface area contributed by atoms with Gasteiger partial charge in [-0.3, -0.25) is 0 Å². The molecule has 1 heteroatoms. The lowest BCUT2D eigenvalue weighted by molar-refractivity contribution is 0.614. The molecule has 1 aromatic carbocycles. The van der Waals surface area contributed by atoms with Crippen LogP contribution in [0.5, 0.6) is 0 Å². The van der Waals surface area contributed by atoms with E-state index >= 15 is 0 Å². The fraction of sp³-hybridized carbons (Fsp3) is 0.333. The molecule has 1 nitrogen and oxygen atoms in total.